The van der Waals surface area contributed by atoms with Crippen molar-refractivity contribution in [3.8, 4) is 5.75 Å². The van der Waals surface area contributed by atoms with Crippen molar-refractivity contribution in [1.29, 1.82) is 0 Å². The molecule has 17 heavy (non-hydrogen) atoms. The van der Waals surface area contributed by atoms with E-state index in [-0.39, 0.29) is 5.69 Å². The number of ether oxygens (including phenoxy) is 1. The van der Waals surface area contributed by atoms with Gasteiger partial charge in [-0.25, -0.2) is 4.39 Å². The van der Waals surface area contributed by atoms with Crippen molar-refractivity contribution < 1.29 is 13.3 Å². The van der Waals surface area contributed by atoms with Gasteiger partial charge in [-0.15, -0.1) is 0 Å². The molecule has 0 fully saturated rings. The van der Waals surface area contributed by atoms with Crippen LogP contribution in [0.3, 0.4) is 0 Å². The Kier molecular flexibility index (Phi) is 5.21. The summed E-state index contributed by atoms with van der Waals surface area (Å²) in [4.78, 5) is 0. The molecule has 0 heterocycles. The van der Waals surface area contributed by atoms with Gasteiger partial charge in [0.1, 0.15) is 11.6 Å². The van der Waals surface area contributed by atoms with Gasteiger partial charge in [-0.1, -0.05) is 0 Å². The zero-order valence-corrected chi connectivity index (χ0v) is 10.8. The molecule has 0 aromatic heterocycles. The third-order valence-electron chi connectivity index (χ3n) is 2.24. The van der Waals surface area contributed by atoms with Crippen LogP contribution in [-0.4, -0.2) is 29.9 Å². The quantitative estimate of drug-likeness (QED) is 0.602. The van der Waals surface area contributed by atoms with Gasteiger partial charge in [-0.05, 0) is 6.42 Å². The average molecular weight is 260 g/mol. The Morgan fingerprint density at radius 3 is 2.82 bits per heavy atom. The molecule has 0 radical (unpaired) electrons. The number of rotatable bonds is 6. The van der Waals surface area contributed by atoms with Crippen LogP contribution in [-0.2, 0) is 10.8 Å². The van der Waals surface area contributed by atoms with Crippen LogP contribution >= 0.6 is 0 Å². The van der Waals surface area contributed by atoms with Gasteiger partial charge >= 0.3 is 0 Å². The fraction of sp³-hybridized carbons (Fsp3) is 0.455. The van der Waals surface area contributed by atoms with Crippen LogP contribution in [0.15, 0.2) is 12.1 Å². The standard InChI is InChI=1S/C11H17FN2O2S/c1-16-11-7-10(8(12)6-9(11)13)14-4-3-5-17(2)15/h6-7,14H,3-5,13H2,1-2H3. The summed E-state index contributed by atoms with van der Waals surface area (Å²) in [5, 5.41) is 2.93. The second-order valence-corrected chi connectivity index (χ2v) is 5.19. The van der Waals surface area contributed by atoms with Crippen molar-refractivity contribution in [3.63, 3.8) is 0 Å². The molecule has 0 amide bonds. The third kappa shape index (κ3) is 4.22. The summed E-state index contributed by atoms with van der Waals surface area (Å²) >= 11 is 0. The van der Waals surface area contributed by atoms with E-state index in [4.69, 9.17) is 10.5 Å². The first kappa shape index (κ1) is 13.8. The highest BCUT2D eigenvalue weighted by molar-refractivity contribution is 7.84. The van der Waals surface area contributed by atoms with Gasteiger partial charge in [0.05, 0.1) is 18.5 Å². The summed E-state index contributed by atoms with van der Waals surface area (Å²) in [6.07, 6.45) is 2.36. The second-order valence-electron chi connectivity index (χ2n) is 3.63. The normalized spacial score (nSPS) is 12.2. The number of nitrogens with two attached hydrogens (primary N) is 1. The monoisotopic (exact) mass is 260 g/mol. The van der Waals surface area contributed by atoms with Gasteiger partial charge in [0.2, 0.25) is 0 Å². The highest BCUT2D eigenvalue weighted by Gasteiger charge is 2.07. The molecule has 0 saturated heterocycles. The molecule has 96 valence electrons. The molecule has 1 aromatic rings. The maximum Gasteiger partial charge on any atom is 0.148 e. The molecule has 1 atom stereocenters. The highest BCUT2D eigenvalue weighted by Crippen LogP contribution is 2.28. The number of hydrogen-bond donors (Lipinski definition) is 2. The van der Waals surface area contributed by atoms with E-state index in [1.165, 1.54) is 19.2 Å². The smallest absolute Gasteiger partial charge is 0.148 e. The number of benzene rings is 1. The van der Waals surface area contributed by atoms with Crippen LogP contribution in [0.5, 0.6) is 5.75 Å². The highest BCUT2D eigenvalue weighted by atomic mass is 32.2. The van der Waals surface area contributed by atoms with Crippen molar-refractivity contribution >= 4 is 22.2 Å². The molecule has 0 saturated carbocycles. The minimum Gasteiger partial charge on any atom is -0.495 e. The maximum absolute atomic E-state index is 13.5. The zero-order valence-electron chi connectivity index (χ0n) is 9.96. The van der Waals surface area contributed by atoms with Gasteiger partial charge < -0.3 is 15.8 Å². The van der Waals surface area contributed by atoms with Crippen LogP contribution < -0.4 is 15.8 Å². The summed E-state index contributed by atoms with van der Waals surface area (Å²) < 4.78 is 29.3. The Morgan fingerprint density at radius 1 is 1.53 bits per heavy atom. The molecule has 0 aliphatic rings. The topological polar surface area (TPSA) is 64.3 Å². The lowest BCUT2D eigenvalue weighted by Crippen LogP contribution is -2.08. The van der Waals surface area contributed by atoms with Crippen molar-refractivity contribution in [3.05, 3.63) is 17.9 Å². The summed E-state index contributed by atoms with van der Waals surface area (Å²) in [5.74, 6) is 0.620. The zero-order chi connectivity index (χ0) is 12.8. The van der Waals surface area contributed by atoms with Gasteiger partial charge in [-0.2, -0.15) is 0 Å². The lowest BCUT2D eigenvalue weighted by atomic mass is 10.2. The molecule has 0 aliphatic carbocycles. The average Bonchev–Trinajstić information content (AvgIpc) is 2.26. The van der Waals surface area contributed by atoms with Crippen molar-refractivity contribution in [2.45, 2.75) is 6.42 Å². The van der Waals surface area contributed by atoms with E-state index in [2.05, 4.69) is 5.32 Å². The van der Waals surface area contributed by atoms with E-state index < -0.39 is 16.6 Å². The first-order valence-electron chi connectivity index (χ1n) is 5.21. The molecule has 1 rings (SSSR count). The molecule has 3 N–H and O–H groups in total. The van der Waals surface area contributed by atoms with E-state index in [9.17, 15) is 8.60 Å². The van der Waals surface area contributed by atoms with Crippen molar-refractivity contribution in [2.24, 2.45) is 0 Å². The van der Waals surface area contributed by atoms with Crippen LogP contribution in [0, 0.1) is 5.82 Å². The predicted octanol–water partition coefficient (Wildman–Crippen LogP) is 1.60. The van der Waals surface area contributed by atoms with E-state index in [0.29, 0.717) is 23.7 Å². The molecule has 0 aliphatic heterocycles. The Balaban J connectivity index is 2.61. The second kappa shape index (κ2) is 6.44. The Bertz CT molecular complexity index is 413. The Labute approximate surface area is 103 Å². The molecule has 4 nitrogen and oxygen atoms in total. The number of anilines is 2. The molecule has 0 bridgehead atoms. The van der Waals surface area contributed by atoms with Crippen LogP contribution in [0.1, 0.15) is 6.42 Å². The van der Waals surface area contributed by atoms with Crippen LogP contribution in [0.25, 0.3) is 0 Å². The van der Waals surface area contributed by atoms with Crippen molar-refractivity contribution in [1.82, 2.24) is 0 Å². The lowest BCUT2D eigenvalue weighted by Gasteiger charge is -2.10. The number of nitrogens with one attached hydrogen (secondary N) is 1. The van der Waals surface area contributed by atoms with Gasteiger partial charge in [-0.3, -0.25) is 4.21 Å². The van der Waals surface area contributed by atoms with Gasteiger partial charge in [0.25, 0.3) is 0 Å². The number of nitrogen functional groups attached to an aromatic ring is 1. The number of hydrogen-bond acceptors (Lipinski definition) is 4. The molecule has 6 heteroatoms. The number of halogens is 1. The molecule has 0 spiro atoms. The van der Waals surface area contributed by atoms with E-state index in [1.54, 1.807) is 6.26 Å². The summed E-state index contributed by atoms with van der Waals surface area (Å²) in [5.41, 5.74) is 6.18. The minimum absolute atomic E-state index is 0.269. The van der Waals surface area contributed by atoms with Crippen LogP contribution in [0.4, 0.5) is 15.8 Å². The van der Waals surface area contributed by atoms with E-state index in [0.717, 1.165) is 6.42 Å². The number of methoxy groups -OCH3 is 1. The maximum atomic E-state index is 13.5. The van der Waals surface area contributed by atoms with Crippen molar-refractivity contribution in [2.75, 3.05) is 36.7 Å². The summed E-state index contributed by atoms with van der Waals surface area (Å²) in [7, 11) is 0.663. The SMILES string of the molecule is COc1cc(NCCCS(C)=O)c(F)cc1N. The lowest BCUT2D eigenvalue weighted by molar-refractivity contribution is 0.416. The fourth-order valence-corrected chi connectivity index (χ4v) is 1.93. The first-order chi connectivity index (χ1) is 8.04. The summed E-state index contributed by atoms with van der Waals surface area (Å²) in [6, 6.07) is 2.74. The fourth-order valence-electron chi connectivity index (χ4n) is 1.38. The molecular formula is C11H17FN2O2S. The third-order valence-corrected chi connectivity index (χ3v) is 3.11. The Morgan fingerprint density at radius 2 is 2.24 bits per heavy atom. The van der Waals surface area contributed by atoms with Gasteiger partial charge in [0.15, 0.2) is 0 Å². The largest absolute Gasteiger partial charge is 0.495 e. The first-order valence-corrected chi connectivity index (χ1v) is 6.94. The van der Waals surface area contributed by atoms with Crippen LogP contribution in [0.2, 0.25) is 0 Å². The minimum atomic E-state index is -0.817. The van der Waals surface area contributed by atoms with Gasteiger partial charge in [0, 0.05) is 41.5 Å². The Hall–Kier alpha value is -1.30. The molecule has 1 unspecified atom stereocenters. The molecular weight excluding hydrogens is 243 g/mol. The summed E-state index contributed by atoms with van der Waals surface area (Å²) in [6.45, 7) is 0.559. The molecule has 1 aromatic carbocycles. The predicted molar refractivity (Wildman–Crippen MR) is 69.4 cm³/mol. The van der Waals surface area contributed by atoms with E-state index >= 15 is 0 Å². The van der Waals surface area contributed by atoms with E-state index in [1.807, 2.05) is 0 Å².